The van der Waals surface area contributed by atoms with Crippen LogP contribution in [0.15, 0.2) is 0 Å². The molecule has 0 amide bonds. The molecule has 15 heavy (non-hydrogen) atoms. The van der Waals surface area contributed by atoms with Gasteiger partial charge in [-0.3, -0.25) is 0 Å². The molecule has 1 N–H and O–H groups in total. The molecule has 88 valence electrons. The van der Waals surface area contributed by atoms with Crippen LogP contribution in [0.5, 0.6) is 0 Å². The Balaban J connectivity index is 1.68. The lowest BCUT2D eigenvalue weighted by Gasteiger charge is -2.21. The van der Waals surface area contributed by atoms with Crippen LogP contribution in [0.1, 0.15) is 46.0 Å². The number of ether oxygens (including phenoxy) is 1. The van der Waals surface area contributed by atoms with E-state index >= 15 is 0 Å². The third-order valence-corrected chi connectivity index (χ3v) is 3.73. The Morgan fingerprint density at radius 2 is 2.13 bits per heavy atom. The molecule has 0 bridgehead atoms. The summed E-state index contributed by atoms with van der Waals surface area (Å²) in [5.41, 5.74) is 0. The van der Waals surface area contributed by atoms with E-state index in [0.29, 0.717) is 12.1 Å². The van der Waals surface area contributed by atoms with Crippen LogP contribution in [0.25, 0.3) is 0 Å². The SMILES string of the molecule is CCCC(C)CNC1CCOC1C1CC1. The maximum Gasteiger partial charge on any atom is 0.0756 e. The van der Waals surface area contributed by atoms with Gasteiger partial charge in [0.2, 0.25) is 0 Å². The summed E-state index contributed by atoms with van der Waals surface area (Å²) in [7, 11) is 0. The van der Waals surface area contributed by atoms with Crippen LogP contribution in [0, 0.1) is 11.8 Å². The first-order valence-electron chi connectivity index (χ1n) is 6.66. The molecule has 2 rings (SSSR count). The van der Waals surface area contributed by atoms with Crippen LogP contribution in [0.3, 0.4) is 0 Å². The van der Waals surface area contributed by atoms with Gasteiger partial charge in [0.1, 0.15) is 0 Å². The average molecular weight is 211 g/mol. The van der Waals surface area contributed by atoms with E-state index in [1.165, 1.54) is 38.6 Å². The summed E-state index contributed by atoms with van der Waals surface area (Å²) in [5, 5.41) is 3.71. The maximum absolute atomic E-state index is 5.82. The predicted octanol–water partition coefficient (Wildman–Crippen LogP) is 2.58. The van der Waals surface area contributed by atoms with Crippen molar-refractivity contribution in [3.63, 3.8) is 0 Å². The predicted molar refractivity (Wildman–Crippen MR) is 62.9 cm³/mol. The van der Waals surface area contributed by atoms with E-state index in [0.717, 1.165) is 18.4 Å². The van der Waals surface area contributed by atoms with Crippen molar-refractivity contribution in [1.82, 2.24) is 5.32 Å². The van der Waals surface area contributed by atoms with Crippen LogP contribution in [-0.4, -0.2) is 25.3 Å². The fourth-order valence-electron chi connectivity index (χ4n) is 2.67. The van der Waals surface area contributed by atoms with Crippen molar-refractivity contribution in [3.05, 3.63) is 0 Å². The quantitative estimate of drug-likeness (QED) is 0.729. The van der Waals surface area contributed by atoms with Gasteiger partial charge in [0.05, 0.1) is 6.10 Å². The van der Waals surface area contributed by atoms with Gasteiger partial charge in [-0.1, -0.05) is 20.3 Å². The second-order valence-corrected chi connectivity index (χ2v) is 5.37. The lowest BCUT2D eigenvalue weighted by Crippen LogP contribution is -2.39. The van der Waals surface area contributed by atoms with Gasteiger partial charge in [0.15, 0.2) is 0 Å². The second-order valence-electron chi connectivity index (χ2n) is 5.37. The van der Waals surface area contributed by atoms with Crippen molar-refractivity contribution >= 4 is 0 Å². The first kappa shape index (κ1) is 11.4. The minimum absolute atomic E-state index is 0.541. The maximum atomic E-state index is 5.82. The Hall–Kier alpha value is -0.0800. The zero-order valence-corrected chi connectivity index (χ0v) is 10.2. The molecule has 0 aromatic heterocycles. The minimum atomic E-state index is 0.541. The monoisotopic (exact) mass is 211 g/mol. The summed E-state index contributed by atoms with van der Waals surface area (Å²) in [6.07, 6.45) is 7.20. The normalized spacial score (nSPS) is 33.2. The first-order valence-corrected chi connectivity index (χ1v) is 6.66. The van der Waals surface area contributed by atoms with Crippen LogP contribution in [0.2, 0.25) is 0 Å². The fraction of sp³-hybridized carbons (Fsp3) is 1.00. The summed E-state index contributed by atoms with van der Waals surface area (Å²) < 4.78 is 5.82. The van der Waals surface area contributed by atoms with Gasteiger partial charge in [-0.05, 0) is 44.1 Å². The van der Waals surface area contributed by atoms with Gasteiger partial charge in [-0.2, -0.15) is 0 Å². The van der Waals surface area contributed by atoms with E-state index in [1.807, 2.05) is 0 Å². The Morgan fingerprint density at radius 1 is 1.33 bits per heavy atom. The minimum Gasteiger partial charge on any atom is -0.376 e. The van der Waals surface area contributed by atoms with Crippen LogP contribution in [-0.2, 0) is 4.74 Å². The second kappa shape index (κ2) is 5.31. The molecule has 0 aromatic carbocycles. The van der Waals surface area contributed by atoms with Crippen molar-refractivity contribution in [2.45, 2.75) is 58.1 Å². The molecular weight excluding hydrogens is 186 g/mol. The van der Waals surface area contributed by atoms with Gasteiger partial charge in [0, 0.05) is 12.6 Å². The average Bonchev–Trinajstić information content (AvgIpc) is 2.96. The van der Waals surface area contributed by atoms with Crippen LogP contribution in [0.4, 0.5) is 0 Å². The van der Waals surface area contributed by atoms with E-state index in [-0.39, 0.29) is 0 Å². The Kier molecular flexibility index (Phi) is 4.04. The van der Waals surface area contributed by atoms with Gasteiger partial charge in [0.25, 0.3) is 0 Å². The van der Waals surface area contributed by atoms with E-state index in [9.17, 15) is 0 Å². The van der Waals surface area contributed by atoms with E-state index in [1.54, 1.807) is 0 Å². The molecule has 1 saturated heterocycles. The largest absolute Gasteiger partial charge is 0.376 e. The van der Waals surface area contributed by atoms with Gasteiger partial charge in [-0.15, -0.1) is 0 Å². The molecule has 0 spiro atoms. The molecule has 1 aliphatic carbocycles. The van der Waals surface area contributed by atoms with Crippen molar-refractivity contribution in [1.29, 1.82) is 0 Å². The first-order chi connectivity index (χ1) is 7.31. The fourth-order valence-corrected chi connectivity index (χ4v) is 2.67. The van der Waals surface area contributed by atoms with Crippen LogP contribution >= 0.6 is 0 Å². The molecule has 2 nitrogen and oxygen atoms in total. The summed E-state index contributed by atoms with van der Waals surface area (Å²) >= 11 is 0. The smallest absolute Gasteiger partial charge is 0.0756 e. The highest BCUT2D eigenvalue weighted by atomic mass is 16.5. The molecule has 1 aliphatic heterocycles. The van der Waals surface area contributed by atoms with Crippen molar-refractivity contribution in [2.75, 3.05) is 13.2 Å². The van der Waals surface area contributed by atoms with E-state index < -0.39 is 0 Å². The number of hydrogen-bond donors (Lipinski definition) is 1. The highest BCUT2D eigenvalue weighted by Crippen LogP contribution is 2.38. The topological polar surface area (TPSA) is 21.3 Å². The highest BCUT2D eigenvalue weighted by Gasteiger charge is 2.40. The van der Waals surface area contributed by atoms with E-state index in [2.05, 4.69) is 19.2 Å². The molecule has 3 atom stereocenters. The standard InChI is InChI=1S/C13H25NO/c1-3-4-10(2)9-14-12-7-8-15-13(12)11-5-6-11/h10-14H,3-9H2,1-2H3. The zero-order valence-electron chi connectivity index (χ0n) is 10.2. The molecule has 0 aromatic rings. The van der Waals surface area contributed by atoms with Gasteiger partial charge >= 0.3 is 0 Å². The summed E-state index contributed by atoms with van der Waals surface area (Å²) in [6, 6.07) is 0.650. The molecule has 2 aliphatic rings. The molecule has 2 heteroatoms. The lowest BCUT2D eigenvalue weighted by atomic mass is 10.0. The molecule has 0 radical (unpaired) electrons. The van der Waals surface area contributed by atoms with E-state index in [4.69, 9.17) is 4.74 Å². The molecule has 2 fully saturated rings. The summed E-state index contributed by atoms with van der Waals surface area (Å²) in [4.78, 5) is 0. The number of hydrogen-bond acceptors (Lipinski definition) is 2. The lowest BCUT2D eigenvalue weighted by molar-refractivity contribution is 0.0804. The van der Waals surface area contributed by atoms with Crippen LogP contribution < -0.4 is 5.32 Å². The third-order valence-electron chi connectivity index (χ3n) is 3.73. The molecule has 1 saturated carbocycles. The van der Waals surface area contributed by atoms with Crippen molar-refractivity contribution in [3.8, 4) is 0 Å². The zero-order chi connectivity index (χ0) is 10.7. The Labute approximate surface area is 93.8 Å². The van der Waals surface area contributed by atoms with Gasteiger partial charge < -0.3 is 10.1 Å². The molecular formula is C13H25NO. The van der Waals surface area contributed by atoms with Crippen molar-refractivity contribution < 1.29 is 4.74 Å². The summed E-state index contributed by atoms with van der Waals surface area (Å²) in [6.45, 7) is 6.76. The number of nitrogens with one attached hydrogen (secondary N) is 1. The Bertz CT molecular complexity index is 191. The highest BCUT2D eigenvalue weighted by molar-refractivity contribution is 4.93. The molecule has 3 unspecified atom stereocenters. The number of rotatable bonds is 6. The van der Waals surface area contributed by atoms with Gasteiger partial charge in [-0.25, -0.2) is 0 Å². The Morgan fingerprint density at radius 3 is 2.80 bits per heavy atom. The van der Waals surface area contributed by atoms with Crippen molar-refractivity contribution in [2.24, 2.45) is 11.8 Å². The molecule has 1 heterocycles. The summed E-state index contributed by atoms with van der Waals surface area (Å²) in [5.74, 6) is 1.70. The third kappa shape index (κ3) is 3.18.